The van der Waals surface area contributed by atoms with Crippen LogP contribution in [0.3, 0.4) is 0 Å². The Balaban J connectivity index is 1.71. The summed E-state index contributed by atoms with van der Waals surface area (Å²) in [7, 11) is 0. The van der Waals surface area contributed by atoms with Gasteiger partial charge in [-0.3, -0.25) is 4.79 Å². The van der Waals surface area contributed by atoms with Crippen LogP contribution in [0, 0.1) is 0 Å². The highest BCUT2D eigenvalue weighted by atomic mass is 35.5. The fourth-order valence-electron chi connectivity index (χ4n) is 2.56. The number of amides is 1. The van der Waals surface area contributed by atoms with Crippen LogP contribution < -0.4 is 5.32 Å². The molecular weight excluding hydrogens is 365 g/mol. The van der Waals surface area contributed by atoms with Gasteiger partial charge in [0.25, 0.3) is 5.91 Å². The van der Waals surface area contributed by atoms with Crippen LogP contribution in [-0.2, 0) is 4.74 Å². The molecule has 0 radical (unpaired) electrons. The molecule has 0 spiro atoms. The lowest BCUT2D eigenvalue weighted by atomic mass is 10.2. The number of hydrogen-bond donors (Lipinski definition) is 1. The highest BCUT2D eigenvalue weighted by Crippen LogP contribution is 2.28. The van der Waals surface area contributed by atoms with Gasteiger partial charge in [0.15, 0.2) is 0 Å². The van der Waals surface area contributed by atoms with Crippen molar-refractivity contribution >= 4 is 46.6 Å². The van der Waals surface area contributed by atoms with Gasteiger partial charge in [-0.05, 0) is 43.2 Å². The molecule has 6 heteroatoms. The van der Waals surface area contributed by atoms with Gasteiger partial charge in [0.2, 0.25) is 0 Å². The van der Waals surface area contributed by atoms with Crippen molar-refractivity contribution in [3.63, 3.8) is 0 Å². The van der Waals surface area contributed by atoms with Gasteiger partial charge in [-0.15, -0.1) is 11.8 Å². The van der Waals surface area contributed by atoms with E-state index in [-0.39, 0.29) is 12.0 Å². The smallest absolute Gasteiger partial charge is 0.256 e. The Bertz CT molecular complexity index is 712. The van der Waals surface area contributed by atoms with Crippen LogP contribution in [0.5, 0.6) is 0 Å². The monoisotopic (exact) mass is 381 g/mol. The van der Waals surface area contributed by atoms with E-state index in [4.69, 9.17) is 27.9 Å². The fourth-order valence-corrected chi connectivity index (χ4v) is 4.21. The molecule has 1 N–H and O–H groups in total. The molecule has 1 saturated heterocycles. The minimum absolute atomic E-state index is 0.177. The lowest BCUT2D eigenvalue weighted by Gasteiger charge is -2.12. The molecule has 1 heterocycles. The number of nitrogens with one attached hydrogen (secondary N) is 1. The highest BCUT2D eigenvalue weighted by Gasteiger charge is 2.18. The molecule has 3 nitrogen and oxygen atoms in total. The first-order valence-corrected chi connectivity index (χ1v) is 9.47. The molecule has 126 valence electrons. The standard InChI is InChI=1S/C18H17Cl2NO2S/c19-12-8-13(20)10-14(9-12)21-18(22)16-5-1-2-6-17(16)24-11-15-4-3-7-23-15/h1-2,5-6,8-10,15H,3-4,7,11H2,(H,21,22). The molecule has 1 amide bonds. The average Bonchev–Trinajstić information content (AvgIpc) is 3.05. The molecule has 1 aliphatic heterocycles. The quantitative estimate of drug-likeness (QED) is 0.693. The van der Waals surface area contributed by atoms with E-state index < -0.39 is 0 Å². The molecule has 0 bridgehead atoms. The van der Waals surface area contributed by atoms with E-state index in [1.54, 1.807) is 30.0 Å². The zero-order chi connectivity index (χ0) is 16.9. The zero-order valence-electron chi connectivity index (χ0n) is 12.9. The van der Waals surface area contributed by atoms with Gasteiger partial charge in [-0.2, -0.15) is 0 Å². The molecule has 24 heavy (non-hydrogen) atoms. The Morgan fingerprint density at radius 3 is 2.67 bits per heavy atom. The fraction of sp³-hybridized carbons (Fsp3) is 0.278. The van der Waals surface area contributed by atoms with Crippen molar-refractivity contribution in [2.24, 2.45) is 0 Å². The zero-order valence-corrected chi connectivity index (χ0v) is 15.3. The predicted octanol–water partition coefficient (Wildman–Crippen LogP) is 5.52. The van der Waals surface area contributed by atoms with Gasteiger partial charge in [-0.25, -0.2) is 0 Å². The average molecular weight is 382 g/mol. The molecule has 3 rings (SSSR count). The number of hydrogen-bond acceptors (Lipinski definition) is 3. The summed E-state index contributed by atoms with van der Waals surface area (Å²) >= 11 is 13.6. The van der Waals surface area contributed by atoms with E-state index in [1.807, 2.05) is 24.3 Å². The maximum absolute atomic E-state index is 12.6. The summed E-state index contributed by atoms with van der Waals surface area (Å²) in [4.78, 5) is 13.6. The van der Waals surface area contributed by atoms with E-state index in [2.05, 4.69) is 5.32 Å². The number of rotatable bonds is 5. The second-order valence-corrected chi connectivity index (χ2v) is 7.49. The van der Waals surface area contributed by atoms with Crippen LogP contribution in [0.4, 0.5) is 5.69 Å². The Hall–Kier alpha value is -1.20. The molecule has 0 saturated carbocycles. The first-order chi connectivity index (χ1) is 11.6. The van der Waals surface area contributed by atoms with Crippen LogP contribution in [-0.4, -0.2) is 24.4 Å². The van der Waals surface area contributed by atoms with Crippen LogP contribution in [0.1, 0.15) is 23.2 Å². The van der Waals surface area contributed by atoms with Crippen LogP contribution >= 0.6 is 35.0 Å². The molecule has 0 aliphatic carbocycles. The summed E-state index contributed by atoms with van der Waals surface area (Å²) in [5.41, 5.74) is 1.22. The Morgan fingerprint density at radius 2 is 1.96 bits per heavy atom. The molecule has 1 unspecified atom stereocenters. The third kappa shape index (κ3) is 4.67. The first-order valence-electron chi connectivity index (χ1n) is 7.73. The largest absolute Gasteiger partial charge is 0.377 e. The van der Waals surface area contributed by atoms with Crippen molar-refractivity contribution in [2.45, 2.75) is 23.8 Å². The van der Waals surface area contributed by atoms with Gasteiger partial charge >= 0.3 is 0 Å². The molecule has 1 aliphatic rings. The molecule has 2 aromatic rings. The highest BCUT2D eigenvalue weighted by molar-refractivity contribution is 7.99. The molecular formula is C18H17Cl2NO2S. The molecule has 2 aromatic carbocycles. The Labute approximate surface area is 155 Å². The number of anilines is 1. The summed E-state index contributed by atoms with van der Waals surface area (Å²) in [6.45, 7) is 0.836. The Morgan fingerprint density at radius 1 is 1.21 bits per heavy atom. The van der Waals surface area contributed by atoms with Crippen molar-refractivity contribution in [1.82, 2.24) is 0 Å². The van der Waals surface area contributed by atoms with E-state index in [0.717, 1.165) is 30.1 Å². The topological polar surface area (TPSA) is 38.3 Å². The summed E-state index contributed by atoms with van der Waals surface area (Å²) < 4.78 is 5.65. The first kappa shape index (κ1) is 17.6. The number of ether oxygens (including phenoxy) is 1. The van der Waals surface area contributed by atoms with Crippen LogP contribution in [0.15, 0.2) is 47.4 Å². The van der Waals surface area contributed by atoms with Crippen molar-refractivity contribution in [1.29, 1.82) is 0 Å². The van der Waals surface area contributed by atoms with Crippen molar-refractivity contribution < 1.29 is 9.53 Å². The molecule has 1 fully saturated rings. The van der Waals surface area contributed by atoms with Gasteiger partial charge in [0.1, 0.15) is 0 Å². The van der Waals surface area contributed by atoms with Crippen LogP contribution in [0.2, 0.25) is 10.0 Å². The van der Waals surface area contributed by atoms with Crippen molar-refractivity contribution in [2.75, 3.05) is 17.7 Å². The van der Waals surface area contributed by atoms with Gasteiger partial charge in [-0.1, -0.05) is 35.3 Å². The summed E-state index contributed by atoms with van der Waals surface area (Å²) in [5.74, 6) is 0.677. The van der Waals surface area contributed by atoms with Crippen LogP contribution in [0.25, 0.3) is 0 Å². The predicted molar refractivity (Wildman–Crippen MR) is 101 cm³/mol. The lowest BCUT2D eigenvalue weighted by molar-refractivity contribution is 0.102. The van der Waals surface area contributed by atoms with Crippen molar-refractivity contribution in [3.05, 3.63) is 58.1 Å². The minimum atomic E-state index is -0.177. The van der Waals surface area contributed by atoms with E-state index in [0.29, 0.717) is 21.3 Å². The summed E-state index contributed by atoms with van der Waals surface area (Å²) in [5, 5.41) is 3.83. The minimum Gasteiger partial charge on any atom is -0.377 e. The molecule has 1 atom stereocenters. The summed E-state index contributed by atoms with van der Waals surface area (Å²) in [6.07, 6.45) is 2.48. The van der Waals surface area contributed by atoms with Gasteiger partial charge in [0, 0.05) is 33.0 Å². The number of carbonyl (C=O) groups is 1. The number of carbonyl (C=O) groups excluding carboxylic acids is 1. The SMILES string of the molecule is O=C(Nc1cc(Cl)cc(Cl)c1)c1ccccc1SCC1CCCO1. The van der Waals surface area contributed by atoms with Crippen molar-refractivity contribution in [3.8, 4) is 0 Å². The number of benzene rings is 2. The lowest BCUT2D eigenvalue weighted by Crippen LogP contribution is -2.14. The second-order valence-electron chi connectivity index (χ2n) is 5.55. The second kappa shape index (κ2) is 8.26. The maximum atomic E-state index is 12.6. The number of halogens is 2. The third-order valence-electron chi connectivity index (χ3n) is 3.70. The van der Waals surface area contributed by atoms with E-state index >= 15 is 0 Å². The molecule has 0 aromatic heterocycles. The number of thioether (sulfide) groups is 1. The van der Waals surface area contributed by atoms with Gasteiger partial charge in [0.05, 0.1) is 11.7 Å². The maximum Gasteiger partial charge on any atom is 0.256 e. The van der Waals surface area contributed by atoms with E-state index in [1.165, 1.54) is 0 Å². The normalized spacial score (nSPS) is 17.0. The summed E-state index contributed by atoms with van der Waals surface area (Å²) in [6, 6.07) is 12.5. The third-order valence-corrected chi connectivity index (χ3v) is 5.34. The van der Waals surface area contributed by atoms with Gasteiger partial charge < -0.3 is 10.1 Å². The Kier molecular flexibility index (Phi) is 6.06. The van der Waals surface area contributed by atoms with E-state index in [9.17, 15) is 4.79 Å².